The fraction of sp³-hybridized carbons (Fsp3) is 0.300. The first-order valence-electron chi connectivity index (χ1n) is 5.15. The zero-order valence-corrected chi connectivity index (χ0v) is 9.61. The van der Waals surface area contributed by atoms with Gasteiger partial charge in [-0.15, -0.1) is 0 Å². The summed E-state index contributed by atoms with van der Waals surface area (Å²) >= 11 is 0. The molecule has 2 aromatic rings. The summed E-state index contributed by atoms with van der Waals surface area (Å²) in [6, 6.07) is 0. The lowest BCUT2D eigenvalue weighted by molar-refractivity contribution is -0.384. The molecule has 0 bridgehead atoms. The van der Waals surface area contributed by atoms with Crippen LogP contribution in [0, 0.1) is 15.9 Å². The molecule has 2 rings (SSSR count). The van der Waals surface area contributed by atoms with E-state index >= 15 is 0 Å². The van der Waals surface area contributed by atoms with Crippen LogP contribution in [0.25, 0.3) is 10.9 Å². The topological polar surface area (TPSA) is 80.9 Å². The number of rotatable bonds is 3. The highest BCUT2D eigenvalue weighted by Gasteiger charge is 2.30. The molecular formula is C10H8F3N3O3. The molecule has 102 valence electrons. The summed E-state index contributed by atoms with van der Waals surface area (Å²) in [6.45, 7) is 0. The molecular weight excluding hydrogens is 267 g/mol. The second-order valence-electron chi connectivity index (χ2n) is 3.90. The Morgan fingerprint density at radius 2 is 2.16 bits per heavy atom. The number of aromatic amines is 1. The second-order valence-corrected chi connectivity index (χ2v) is 3.90. The van der Waals surface area contributed by atoms with Crippen molar-refractivity contribution in [3.8, 4) is 0 Å². The molecule has 0 amide bonds. The van der Waals surface area contributed by atoms with Crippen molar-refractivity contribution in [2.45, 2.75) is 12.8 Å². The van der Waals surface area contributed by atoms with Gasteiger partial charge in [-0.25, -0.2) is 13.2 Å². The third-order valence-electron chi connectivity index (χ3n) is 2.80. The van der Waals surface area contributed by atoms with Gasteiger partial charge in [0.1, 0.15) is 11.1 Å². The lowest BCUT2D eigenvalue weighted by Gasteiger charge is -2.02. The predicted octanol–water partition coefficient (Wildman–Crippen LogP) is 1.72. The van der Waals surface area contributed by atoms with Gasteiger partial charge in [0.2, 0.25) is 6.43 Å². The normalized spacial score (nSPS) is 11.4. The third-order valence-corrected chi connectivity index (χ3v) is 2.80. The van der Waals surface area contributed by atoms with Crippen LogP contribution in [0.2, 0.25) is 0 Å². The Kier molecular flexibility index (Phi) is 3.05. The zero-order valence-electron chi connectivity index (χ0n) is 9.61. The summed E-state index contributed by atoms with van der Waals surface area (Å²) < 4.78 is 39.5. The molecule has 9 heteroatoms. The number of fused-ring (bicyclic) bond motifs is 1. The Hall–Kier alpha value is -2.32. The minimum Gasteiger partial charge on any atom is -0.339 e. The molecule has 0 spiro atoms. The Bertz CT molecular complexity index is 720. The van der Waals surface area contributed by atoms with E-state index < -0.39 is 40.2 Å². The minimum atomic E-state index is -2.84. The van der Waals surface area contributed by atoms with E-state index in [4.69, 9.17) is 0 Å². The molecule has 0 aliphatic carbocycles. The van der Waals surface area contributed by atoms with Gasteiger partial charge < -0.3 is 9.55 Å². The van der Waals surface area contributed by atoms with Crippen LogP contribution in [0.3, 0.4) is 0 Å². The standard InChI is InChI=1S/C10H8F3N3O3/c1-15-5(2-6(12)13)9(16(18)19)7-8(15)4(11)3-14-10(7)17/h3,6H,2H2,1H3,(H,14,17). The summed E-state index contributed by atoms with van der Waals surface area (Å²) in [5.74, 6) is -0.916. The number of pyridine rings is 1. The summed E-state index contributed by atoms with van der Waals surface area (Å²) in [6.07, 6.45) is -3.04. The fourth-order valence-electron chi connectivity index (χ4n) is 2.06. The van der Waals surface area contributed by atoms with Crippen molar-refractivity contribution in [3.63, 3.8) is 0 Å². The Morgan fingerprint density at radius 3 is 2.68 bits per heavy atom. The van der Waals surface area contributed by atoms with Crippen LogP contribution >= 0.6 is 0 Å². The Balaban J connectivity index is 2.96. The molecule has 0 saturated carbocycles. The third kappa shape index (κ3) is 1.96. The predicted molar refractivity (Wildman–Crippen MR) is 59.9 cm³/mol. The molecule has 6 nitrogen and oxygen atoms in total. The number of alkyl halides is 2. The summed E-state index contributed by atoms with van der Waals surface area (Å²) in [5.41, 5.74) is -2.41. The second kappa shape index (κ2) is 4.41. The van der Waals surface area contributed by atoms with E-state index in [-0.39, 0.29) is 11.2 Å². The van der Waals surface area contributed by atoms with Crippen LogP contribution in [-0.2, 0) is 13.5 Å². The van der Waals surface area contributed by atoms with Crippen molar-refractivity contribution >= 4 is 16.6 Å². The van der Waals surface area contributed by atoms with Gasteiger partial charge in [-0.1, -0.05) is 0 Å². The number of H-pyrrole nitrogens is 1. The van der Waals surface area contributed by atoms with Gasteiger partial charge in [0.25, 0.3) is 5.56 Å². The lowest BCUT2D eigenvalue weighted by atomic mass is 10.2. The van der Waals surface area contributed by atoms with Crippen LogP contribution < -0.4 is 5.56 Å². The van der Waals surface area contributed by atoms with Gasteiger partial charge >= 0.3 is 5.69 Å². The van der Waals surface area contributed by atoms with Crippen molar-refractivity contribution in [3.05, 3.63) is 38.2 Å². The number of nitro groups is 1. The highest BCUT2D eigenvalue weighted by molar-refractivity contribution is 5.91. The van der Waals surface area contributed by atoms with E-state index in [2.05, 4.69) is 0 Å². The molecule has 2 aromatic heterocycles. The molecule has 0 aromatic carbocycles. The molecule has 0 saturated heterocycles. The maximum Gasteiger partial charge on any atom is 0.303 e. The number of hydrogen-bond donors (Lipinski definition) is 1. The average molecular weight is 275 g/mol. The van der Waals surface area contributed by atoms with Gasteiger partial charge in [0.05, 0.1) is 16.9 Å². The fourth-order valence-corrected chi connectivity index (χ4v) is 2.06. The van der Waals surface area contributed by atoms with E-state index in [0.717, 1.165) is 10.8 Å². The van der Waals surface area contributed by atoms with Gasteiger partial charge in [-0.2, -0.15) is 0 Å². The van der Waals surface area contributed by atoms with E-state index in [1.807, 2.05) is 4.98 Å². The summed E-state index contributed by atoms with van der Waals surface area (Å²) in [7, 11) is 1.20. The van der Waals surface area contributed by atoms with E-state index in [1.165, 1.54) is 7.05 Å². The SMILES string of the molecule is Cn1c(CC(F)F)c([N+](=O)[O-])c2c(=O)[nH]cc(F)c21. The number of aromatic nitrogens is 2. The Morgan fingerprint density at radius 1 is 1.53 bits per heavy atom. The average Bonchev–Trinajstić information content (AvgIpc) is 2.59. The molecule has 0 unspecified atom stereocenters. The highest BCUT2D eigenvalue weighted by Crippen LogP contribution is 2.32. The zero-order chi connectivity index (χ0) is 14.3. The Labute approximate surface area is 103 Å². The summed E-state index contributed by atoms with van der Waals surface area (Å²) in [4.78, 5) is 23.6. The van der Waals surface area contributed by atoms with Crippen molar-refractivity contribution in [1.29, 1.82) is 0 Å². The van der Waals surface area contributed by atoms with E-state index in [0.29, 0.717) is 0 Å². The first-order valence-corrected chi connectivity index (χ1v) is 5.15. The molecule has 0 atom stereocenters. The highest BCUT2D eigenvalue weighted by atomic mass is 19.3. The molecule has 19 heavy (non-hydrogen) atoms. The van der Waals surface area contributed by atoms with Crippen molar-refractivity contribution < 1.29 is 18.1 Å². The van der Waals surface area contributed by atoms with Gasteiger partial charge in [0.15, 0.2) is 5.82 Å². The molecule has 0 aliphatic heterocycles. The molecule has 2 heterocycles. The number of nitrogens with zero attached hydrogens (tertiary/aromatic N) is 2. The first-order chi connectivity index (χ1) is 8.84. The maximum absolute atomic E-state index is 13.6. The summed E-state index contributed by atoms with van der Waals surface area (Å²) in [5, 5.41) is 10.4. The van der Waals surface area contributed by atoms with Crippen LogP contribution in [0.5, 0.6) is 0 Å². The van der Waals surface area contributed by atoms with Gasteiger partial charge in [0, 0.05) is 13.2 Å². The molecule has 0 aliphatic rings. The number of nitrogens with one attached hydrogen (secondary N) is 1. The smallest absolute Gasteiger partial charge is 0.303 e. The molecule has 0 fully saturated rings. The van der Waals surface area contributed by atoms with Crippen molar-refractivity contribution in [2.75, 3.05) is 0 Å². The van der Waals surface area contributed by atoms with Gasteiger partial charge in [-0.05, 0) is 0 Å². The monoisotopic (exact) mass is 275 g/mol. The minimum absolute atomic E-state index is 0.355. The largest absolute Gasteiger partial charge is 0.339 e. The van der Waals surface area contributed by atoms with Crippen LogP contribution in [0.15, 0.2) is 11.0 Å². The quantitative estimate of drug-likeness (QED) is 0.684. The van der Waals surface area contributed by atoms with E-state index in [1.54, 1.807) is 0 Å². The van der Waals surface area contributed by atoms with Crippen LogP contribution in [0.1, 0.15) is 5.69 Å². The van der Waals surface area contributed by atoms with Gasteiger partial charge in [-0.3, -0.25) is 14.9 Å². The van der Waals surface area contributed by atoms with Crippen molar-refractivity contribution in [1.82, 2.24) is 9.55 Å². The lowest BCUT2D eigenvalue weighted by Crippen LogP contribution is -2.07. The van der Waals surface area contributed by atoms with E-state index in [9.17, 15) is 28.1 Å². The van der Waals surface area contributed by atoms with Crippen molar-refractivity contribution in [2.24, 2.45) is 7.05 Å². The van der Waals surface area contributed by atoms with Crippen LogP contribution in [-0.4, -0.2) is 20.9 Å². The number of halogens is 3. The molecule has 1 N–H and O–H groups in total. The number of aryl methyl sites for hydroxylation is 1. The maximum atomic E-state index is 13.6. The molecule has 0 radical (unpaired) electrons. The first kappa shape index (κ1) is 13.1. The number of hydrogen-bond acceptors (Lipinski definition) is 3. The van der Waals surface area contributed by atoms with Crippen LogP contribution in [0.4, 0.5) is 18.9 Å².